The van der Waals surface area contributed by atoms with Gasteiger partial charge in [0.1, 0.15) is 0 Å². The van der Waals surface area contributed by atoms with Crippen LogP contribution in [0, 0.1) is 0 Å². The molecule has 1 aliphatic heterocycles. The maximum atomic E-state index is 11.6. The summed E-state index contributed by atoms with van der Waals surface area (Å²) >= 11 is 3.33. The molecule has 2 N–H and O–H groups in total. The first-order valence-electron chi connectivity index (χ1n) is 7.29. The lowest BCUT2D eigenvalue weighted by atomic mass is 10.1. The van der Waals surface area contributed by atoms with Gasteiger partial charge in [-0.25, -0.2) is 0 Å². The van der Waals surface area contributed by atoms with Gasteiger partial charge in [-0.2, -0.15) is 0 Å². The van der Waals surface area contributed by atoms with E-state index in [1.54, 1.807) is 0 Å². The van der Waals surface area contributed by atoms with Crippen molar-refractivity contribution in [1.29, 1.82) is 0 Å². The van der Waals surface area contributed by atoms with E-state index in [-0.39, 0.29) is 5.91 Å². The van der Waals surface area contributed by atoms with Crippen LogP contribution in [0.4, 0.5) is 0 Å². The fourth-order valence-corrected chi connectivity index (χ4v) is 5.22. The fourth-order valence-electron chi connectivity index (χ4n) is 1.93. The number of carbonyl (C=O) groups excluding carboxylic acids is 1. The zero-order valence-corrected chi connectivity index (χ0v) is 15.1. The van der Waals surface area contributed by atoms with Gasteiger partial charge >= 0.3 is 0 Å². The number of hydrogen-bond donors (Lipinski definition) is 2. The molecule has 0 aromatic carbocycles. The van der Waals surface area contributed by atoms with E-state index in [4.69, 9.17) is 0 Å². The third kappa shape index (κ3) is 10.1. The van der Waals surface area contributed by atoms with Crippen molar-refractivity contribution >= 4 is 43.4 Å². The molecular formula is C14H25BrN2OS2. The van der Waals surface area contributed by atoms with Crippen molar-refractivity contribution in [2.24, 2.45) is 0 Å². The van der Waals surface area contributed by atoms with Crippen molar-refractivity contribution in [3.05, 3.63) is 12.2 Å². The molecule has 1 heterocycles. The molecule has 1 saturated heterocycles. The number of nitrogens with one attached hydrogen (secondary N) is 2. The quantitative estimate of drug-likeness (QED) is 0.249. The standard InChI is InChI=1S/C14H25BrN2OS2/c15-8-3-4-9-16-10-11-17-14(18)6-2-1-5-13-7-12-19-20-13/h3-4,13,16H,1-2,5-12H2,(H,17,18)/b4-3+. The summed E-state index contributed by atoms with van der Waals surface area (Å²) in [5, 5.41) is 7.94. The highest BCUT2D eigenvalue weighted by Crippen LogP contribution is 2.39. The molecular weight excluding hydrogens is 356 g/mol. The van der Waals surface area contributed by atoms with E-state index in [9.17, 15) is 4.79 Å². The van der Waals surface area contributed by atoms with E-state index < -0.39 is 0 Å². The van der Waals surface area contributed by atoms with Crippen LogP contribution < -0.4 is 10.6 Å². The predicted octanol–water partition coefficient (Wildman–Crippen LogP) is 3.36. The number of halogens is 1. The molecule has 20 heavy (non-hydrogen) atoms. The van der Waals surface area contributed by atoms with E-state index in [2.05, 4.69) is 38.7 Å². The lowest BCUT2D eigenvalue weighted by Crippen LogP contribution is -2.31. The van der Waals surface area contributed by atoms with Crippen LogP contribution in [0.25, 0.3) is 0 Å². The molecule has 0 aromatic rings. The first kappa shape index (κ1) is 18.4. The molecule has 3 nitrogen and oxygen atoms in total. The monoisotopic (exact) mass is 380 g/mol. The summed E-state index contributed by atoms with van der Waals surface area (Å²) in [4.78, 5) is 11.6. The Hall–Kier alpha value is 0.350. The van der Waals surface area contributed by atoms with Gasteiger partial charge in [0.25, 0.3) is 0 Å². The van der Waals surface area contributed by atoms with Gasteiger partial charge in [-0.3, -0.25) is 4.79 Å². The minimum Gasteiger partial charge on any atom is -0.355 e. The zero-order valence-electron chi connectivity index (χ0n) is 11.9. The van der Waals surface area contributed by atoms with E-state index in [0.29, 0.717) is 6.42 Å². The molecule has 0 aliphatic carbocycles. The topological polar surface area (TPSA) is 41.1 Å². The van der Waals surface area contributed by atoms with Crippen molar-refractivity contribution in [2.75, 3.05) is 30.7 Å². The molecule has 0 saturated carbocycles. The van der Waals surface area contributed by atoms with Crippen LogP contribution in [0.15, 0.2) is 12.2 Å². The van der Waals surface area contributed by atoms with Crippen molar-refractivity contribution in [2.45, 2.75) is 37.4 Å². The third-order valence-electron chi connectivity index (χ3n) is 3.05. The number of allylic oxidation sites excluding steroid dienone is 1. The Bertz CT molecular complexity index is 284. The largest absolute Gasteiger partial charge is 0.355 e. The normalized spacial score (nSPS) is 18.8. The van der Waals surface area contributed by atoms with Crippen molar-refractivity contribution in [1.82, 2.24) is 10.6 Å². The highest BCUT2D eigenvalue weighted by molar-refractivity contribution is 9.09. The number of carbonyl (C=O) groups is 1. The highest BCUT2D eigenvalue weighted by atomic mass is 79.9. The first-order valence-corrected chi connectivity index (χ1v) is 10.8. The van der Waals surface area contributed by atoms with Gasteiger partial charge in [-0.1, -0.05) is 56.1 Å². The van der Waals surface area contributed by atoms with Crippen LogP contribution in [0.3, 0.4) is 0 Å². The minimum absolute atomic E-state index is 0.191. The second kappa shape index (κ2) is 13.0. The number of hydrogen-bond acceptors (Lipinski definition) is 4. The molecule has 1 fully saturated rings. The molecule has 0 radical (unpaired) electrons. The summed E-state index contributed by atoms with van der Waals surface area (Å²) in [5.41, 5.74) is 0. The van der Waals surface area contributed by atoms with Gasteiger partial charge in [0, 0.05) is 42.4 Å². The number of alkyl halides is 1. The maximum Gasteiger partial charge on any atom is 0.220 e. The van der Waals surface area contributed by atoms with Gasteiger partial charge in [-0.05, 0) is 19.3 Å². The van der Waals surface area contributed by atoms with E-state index >= 15 is 0 Å². The van der Waals surface area contributed by atoms with Crippen molar-refractivity contribution in [3.8, 4) is 0 Å². The molecule has 6 heteroatoms. The van der Waals surface area contributed by atoms with E-state index in [0.717, 1.165) is 36.6 Å². The molecule has 1 atom stereocenters. The average molecular weight is 381 g/mol. The Morgan fingerprint density at radius 2 is 2.20 bits per heavy atom. The van der Waals surface area contributed by atoms with E-state index in [1.165, 1.54) is 25.0 Å². The summed E-state index contributed by atoms with van der Waals surface area (Å²) in [6.07, 6.45) is 9.63. The molecule has 0 aromatic heterocycles. The van der Waals surface area contributed by atoms with Gasteiger partial charge in [0.15, 0.2) is 0 Å². The summed E-state index contributed by atoms with van der Waals surface area (Å²) in [7, 11) is 4.02. The predicted molar refractivity (Wildman–Crippen MR) is 95.7 cm³/mol. The van der Waals surface area contributed by atoms with Crippen LogP contribution in [-0.4, -0.2) is 41.9 Å². The first-order chi connectivity index (χ1) is 9.83. The maximum absolute atomic E-state index is 11.6. The zero-order chi connectivity index (χ0) is 14.5. The minimum atomic E-state index is 0.191. The molecule has 1 unspecified atom stereocenters. The second-order valence-electron chi connectivity index (χ2n) is 4.75. The smallest absolute Gasteiger partial charge is 0.220 e. The molecule has 116 valence electrons. The summed E-state index contributed by atoms with van der Waals surface area (Å²) in [6, 6.07) is 0. The van der Waals surface area contributed by atoms with Crippen molar-refractivity contribution < 1.29 is 4.79 Å². The summed E-state index contributed by atoms with van der Waals surface area (Å²) in [6.45, 7) is 2.41. The SMILES string of the molecule is O=C(CCCCC1CCSS1)NCCNC/C=C/CBr. The number of unbranched alkanes of at least 4 members (excludes halogenated alkanes) is 1. The Kier molecular flexibility index (Phi) is 12.0. The Balaban J connectivity index is 1.83. The van der Waals surface area contributed by atoms with Gasteiger partial charge in [0.2, 0.25) is 5.91 Å². The lowest BCUT2D eigenvalue weighted by molar-refractivity contribution is -0.121. The van der Waals surface area contributed by atoms with Crippen LogP contribution in [-0.2, 0) is 4.79 Å². The summed E-state index contributed by atoms with van der Waals surface area (Å²) < 4.78 is 0. The van der Waals surface area contributed by atoms with Crippen LogP contribution in [0.5, 0.6) is 0 Å². The number of rotatable bonds is 11. The molecule has 0 spiro atoms. The second-order valence-corrected chi connectivity index (χ2v) is 8.19. The Labute approximate surface area is 139 Å². The highest BCUT2D eigenvalue weighted by Gasteiger charge is 2.15. The molecule has 1 aliphatic rings. The Morgan fingerprint density at radius 1 is 1.30 bits per heavy atom. The number of amides is 1. The van der Waals surface area contributed by atoms with Crippen LogP contribution in [0.1, 0.15) is 32.1 Å². The molecule has 1 amide bonds. The van der Waals surface area contributed by atoms with Crippen LogP contribution in [0.2, 0.25) is 0 Å². The molecule has 1 rings (SSSR count). The third-order valence-corrected chi connectivity index (χ3v) is 6.43. The summed E-state index contributed by atoms with van der Waals surface area (Å²) in [5.74, 6) is 1.49. The Morgan fingerprint density at radius 3 is 2.95 bits per heavy atom. The van der Waals surface area contributed by atoms with Gasteiger partial charge < -0.3 is 10.6 Å². The average Bonchev–Trinajstić information content (AvgIpc) is 2.96. The van der Waals surface area contributed by atoms with Gasteiger partial charge in [0.05, 0.1) is 0 Å². The van der Waals surface area contributed by atoms with Crippen LogP contribution >= 0.6 is 37.5 Å². The van der Waals surface area contributed by atoms with Crippen molar-refractivity contribution in [3.63, 3.8) is 0 Å². The van der Waals surface area contributed by atoms with E-state index in [1.807, 2.05) is 21.6 Å². The van der Waals surface area contributed by atoms with Gasteiger partial charge in [-0.15, -0.1) is 0 Å². The fraction of sp³-hybridized carbons (Fsp3) is 0.786. The lowest BCUT2D eigenvalue weighted by Gasteiger charge is -2.07. The molecule has 0 bridgehead atoms.